The number of carbonyl (C=O) groups is 3. The zero-order chi connectivity index (χ0) is 16.9. The van der Waals surface area contributed by atoms with Crippen molar-refractivity contribution < 1.29 is 24.2 Å². The number of hydrogen-bond donors (Lipinski definition) is 3. The summed E-state index contributed by atoms with van der Waals surface area (Å²) in [4.78, 5) is 34.0. The second-order valence-corrected chi connectivity index (χ2v) is 5.72. The Bertz CT molecular complexity index is 560. The Morgan fingerprint density at radius 1 is 1.14 bits per heavy atom. The van der Waals surface area contributed by atoms with Crippen LogP contribution in [0.2, 0.25) is 0 Å². The van der Waals surface area contributed by atoms with E-state index in [-0.39, 0.29) is 5.91 Å². The van der Waals surface area contributed by atoms with E-state index in [2.05, 4.69) is 10.6 Å². The molecule has 0 bridgehead atoms. The maximum atomic E-state index is 11.7. The topological polar surface area (TPSA) is 105 Å². The van der Waals surface area contributed by atoms with Crippen molar-refractivity contribution in [1.82, 2.24) is 5.32 Å². The van der Waals surface area contributed by atoms with E-state index >= 15 is 0 Å². The lowest BCUT2D eigenvalue weighted by atomic mass is 10.1. The molecule has 120 valence electrons. The summed E-state index contributed by atoms with van der Waals surface area (Å²) in [5.41, 5.74) is 0.188. The van der Waals surface area contributed by atoms with Gasteiger partial charge in [-0.1, -0.05) is 12.1 Å². The number of ether oxygens (including phenoxy) is 1. The molecule has 0 unspecified atom stereocenters. The van der Waals surface area contributed by atoms with Crippen LogP contribution in [0.3, 0.4) is 0 Å². The minimum absolute atomic E-state index is 0.227. The molecule has 2 amide bonds. The van der Waals surface area contributed by atoms with Gasteiger partial charge in [-0.15, -0.1) is 0 Å². The van der Waals surface area contributed by atoms with Gasteiger partial charge in [-0.25, -0.2) is 9.59 Å². The molecular weight excluding hydrogens is 288 g/mol. The van der Waals surface area contributed by atoms with Gasteiger partial charge in [0.25, 0.3) is 0 Å². The molecule has 1 atom stereocenters. The van der Waals surface area contributed by atoms with Crippen LogP contribution in [-0.2, 0) is 14.3 Å². The van der Waals surface area contributed by atoms with Crippen LogP contribution in [0.15, 0.2) is 24.3 Å². The maximum Gasteiger partial charge on any atom is 0.408 e. The van der Waals surface area contributed by atoms with Crippen molar-refractivity contribution in [3.63, 3.8) is 0 Å². The summed E-state index contributed by atoms with van der Waals surface area (Å²) in [6.45, 7) is 6.43. The van der Waals surface area contributed by atoms with Crippen molar-refractivity contribution in [3.05, 3.63) is 29.8 Å². The van der Waals surface area contributed by atoms with Gasteiger partial charge in [0, 0.05) is 12.6 Å². The molecule has 22 heavy (non-hydrogen) atoms. The van der Waals surface area contributed by atoms with Crippen LogP contribution in [0.1, 0.15) is 39.3 Å². The van der Waals surface area contributed by atoms with Crippen LogP contribution in [-0.4, -0.2) is 28.7 Å². The Morgan fingerprint density at radius 3 is 2.09 bits per heavy atom. The molecular formula is C15H20N2O5. The highest BCUT2D eigenvalue weighted by Crippen LogP contribution is 2.18. The molecule has 0 saturated heterocycles. The van der Waals surface area contributed by atoms with E-state index in [1.165, 1.54) is 19.1 Å². The predicted molar refractivity (Wildman–Crippen MR) is 80.5 cm³/mol. The second kappa shape index (κ2) is 6.93. The van der Waals surface area contributed by atoms with E-state index in [9.17, 15) is 19.5 Å². The summed E-state index contributed by atoms with van der Waals surface area (Å²) in [6.07, 6.45) is -0.814. The molecule has 7 heteroatoms. The number of hydrogen-bond acceptors (Lipinski definition) is 4. The SMILES string of the molecule is CC(=O)Nc1ccc([C@@H](NC(=O)OC(C)(C)C)C(=O)O)cc1. The number of carboxylic acids is 1. The van der Waals surface area contributed by atoms with Crippen LogP contribution in [0.5, 0.6) is 0 Å². The van der Waals surface area contributed by atoms with Gasteiger partial charge in [-0.3, -0.25) is 4.79 Å². The van der Waals surface area contributed by atoms with Crippen LogP contribution in [0.4, 0.5) is 10.5 Å². The fourth-order valence-electron chi connectivity index (χ4n) is 1.68. The van der Waals surface area contributed by atoms with E-state index in [0.717, 1.165) is 0 Å². The fraction of sp³-hybridized carbons (Fsp3) is 0.400. The van der Waals surface area contributed by atoms with Gasteiger partial charge < -0.3 is 20.5 Å². The van der Waals surface area contributed by atoms with Crippen LogP contribution >= 0.6 is 0 Å². The number of nitrogens with one attached hydrogen (secondary N) is 2. The second-order valence-electron chi connectivity index (χ2n) is 5.72. The Morgan fingerprint density at radius 2 is 1.68 bits per heavy atom. The van der Waals surface area contributed by atoms with Gasteiger partial charge in [-0.2, -0.15) is 0 Å². The molecule has 1 aromatic carbocycles. The van der Waals surface area contributed by atoms with Crippen molar-refractivity contribution in [2.24, 2.45) is 0 Å². The molecule has 1 aromatic rings. The highest BCUT2D eigenvalue weighted by molar-refractivity contribution is 5.88. The van der Waals surface area contributed by atoms with Gasteiger partial charge >= 0.3 is 12.1 Å². The highest BCUT2D eigenvalue weighted by atomic mass is 16.6. The summed E-state index contributed by atoms with van der Waals surface area (Å²) in [7, 11) is 0. The molecule has 3 N–H and O–H groups in total. The lowest BCUT2D eigenvalue weighted by molar-refractivity contribution is -0.139. The van der Waals surface area contributed by atoms with Crippen LogP contribution in [0, 0.1) is 0 Å². The third-order valence-electron chi connectivity index (χ3n) is 2.47. The molecule has 0 heterocycles. The molecule has 0 spiro atoms. The smallest absolute Gasteiger partial charge is 0.408 e. The average molecular weight is 308 g/mol. The van der Waals surface area contributed by atoms with E-state index in [1.54, 1.807) is 32.9 Å². The first kappa shape index (κ1) is 17.5. The lowest BCUT2D eigenvalue weighted by Crippen LogP contribution is -2.38. The summed E-state index contributed by atoms with van der Waals surface area (Å²) in [6, 6.07) is 4.91. The first-order valence-corrected chi connectivity index (χ1v) is 6.68. The maximum absolute atomic E-state index is 11.7. The first-order chi connectivity index (χ1) is 10.1. The largest absolute Gasteiger partial charge is 0.479 e. The average Bonchev–Trinajstić information content (AvgIpc) is 2.34. The van der Waals surface area contributed by atoms with Crippen molar-refractivity contribution in [2.75, 3.05) is 5.32 Å². The van der Waals surface area contributed by atoms with E-state index in [1.807, 2.05) is 0 Å². The van der Waals surface area contributed by atoms with Crippen molar-refractivity contribution in [2.45, 2.75) is 39.3 Å². The zero-order valence-corrected chi connectivity index (χ0v) is 13.0. The minimum atomic E-state index is -1.23. The number of carboxylic acid groups (broad SMARTS) is 1. The zero-order valence-electron chi connectivity index (χ0n) is 13.0. The van der Waals surface area contributed by atoms with E-state index in [4.69, 9.17) is 4.74 Å². The Labute approximate surface area is 128 Å². The van der Waals surface area contributed by atoms with Gasteiger partial charge in [0.1, 0.15) is 5.60 Å². The standard InChI is InChI=1S/C15H20N2O5/c1-9(18)16-11-7-5-10(6-8-11)12(13(19)20)17-14(21)22-15(2,3)4/h5-8,12H,1-4H3,(H,16,18)(H,17,21)(H,19,20)/t12-/m1/s1. The highest BCUT2D eigenvalue weighted by Gasteiger charge is 2.25. The van der Waals surface area contributed by atoms with Gasteiger partial charge in [0.05, 0.1) is 0 Å². The van der Waals surface area contributed by atoms with Crippen molar-refractivity contribution in [3.8, 4) is 0 Å². The Balaban J connectivity index is 2.85. The number of carbonyl (C=O) groups excluding carboxylic acids is 2. The van der Waals surface area contributed by atoms with Crippen molar-refractivity contribution in [1.29, 1.82) is 0 Å². The number of rotatable bonds is 4. The number of aliphatic carboxylic acids is 1. The van der Waals surface area contributed by atoms with Gasteiger partial charge in [0.2, 0.25) is 5.91 Å². The third kappa shape index (κ3) is 5.82. The molecule has 0 saturated carbocycles. The monoisotopic (exact) mass is 308 g/mol. The quantitative estimate of drug-likeness (QED) is 0.791. The summed E-state index contributed by atoms with van der Waals surface area (Å²) in [5.74, 6) is -1.44. The molecule has 0 aliphatic heterocycles. The molecule has 7 nitrogen and oxygen atoms in total. The summed E-state index contributed by atoms with van der Waals surface area (Å²) < 4.78 is 5.05. The predicted octanol–water partition coefficient (Wildman–Crippen LogP) is 2.30. The third-order valence-corrected chi connectivity index (χ3v) is 2.47. The van der Waals surface area contributed by atoms with Crippen molar-refractivity contribution >= 4 is 23.7 Å². The molecule has 0 aliphatic carbocycles. The molecule has 0 fully saturated rings. The van der Waals surface area contributed by atoms with E-state index < -0.39 is 23.7 Å². The number of benzene rings is 1. The fourth-order valence-corrected chi connectivity index (χ4v) is 1.68. The Hall–Kier alpha value is -2.57. The normalized spacial score (nSPS) is 12.2. The van der Waals surface area contributed by atoms with Crippen LogP contribution < -0.4 is 10.6 Å². The molecule has 0 aromatic heterocycles. The summed E-state index contributed by atoms with van der Waals surface area (Å²) >= 11 is 0. The Kier molecular flexibility index (Phi) is 5.50. The van der Waals surface area contributed by atoms with Gasteiger partial charge in [-0.05, 0) is 38.5 Å². The lowest BCUT2D eigenvalue weighted by Gasteiger charge is -2.22. The molecule has 1 rings (SSSR count). The minimum Gasteiger partial charge on any atom is -0.479 e. The number of anilines is 1. The van der Waals surface area contributed by atoms with Gasteiger partial charge in [0.15, 0.2) is 6.04 Å². The van der Waals surface area contributed by atoms with E-state index in [0.29, 0.717) is 11.3 Å². The molecule has 0 radical (unpaired) electrons. The molecule has 0 aliphatic rings. The number of amides is 2. The number of alkyl carbamates (subject to hydrolysis) is 1. The summed E-state index contributed by atoms with van der Waals surface area (Å²) in [5, 5.41) is 14.1. The van der Waals surface area contributed by atoms with Crippen LogP contribution in [0.25, 0.3) is 0 Å². The first-order valence-electron chi connectivity index (χ1n) is 6.68.